The van der Waals surface area contributed by atoms with E-state index in [0.29, 0.717) is 5.56 Å². The summed E-state index contributed by atoms with van der Waals surface area (Å²) in [4.78, 5) is 27.4. The summed E-state index contributed by atoms with van der Waals surface area (Å²) in [7, 11) is 1.80. The molecule has 6 heteroatoms. The van der Waals surface area contributed by atoms with Crippen molar-refractivity contribution in [3.8, 4) is 0 Å². The Morgan fingerprint density at radius 2 is 1.69 bits per heavy atom. The van der Waals surface area contributed by atoms with Gasteiger partial charge in [-0.25, -0.2) is 4.79 Å². The molecular formula is C23H26ClNO3S. The largest absolute Gasteiger partial charge is 0.452 e. The van der Waals surface area contributed by atoms with Crippen LogP contribution < -0.4 is 0 Å². The van der Waals surface area contributed by atoms with Crippen molar-refractivity contribution >= 4 is 35.2 Å². The molecule has 29 heavy (non-hydrogen) atoms. The molecule has 0 spiro atoms. The number of rotatable bonds is 7. The molecule has 0 aliphatic heterocycles. The Bertz CT molecular complexity index is 817. The highest BCUT2D eigenvalue weighted by molar-refractivity contribution is 7.98. The van der Waals surface area contributed by atoms with Gasteiger partial charge in [0.25, 0.3) is 5.91 Å². The van der Waals surface area contributed by atoms with Gasteiger partial charge in [-0.05, 0) is 54.8 Å². The molecule has 0 saturated heterocycles. The minimum absolute atomic E-state index is 0.138. The van der Waals surface area contributed by atoms with Crippen LogP contribution in [0.3, 0.4) is 0 Å². The fourth-order valence-electron chi connectivity index (χ4n) is 3.42. The van der Waals surface area contributed by atoms with E-state index < -0.39 is 5.97 Å². The van der Waals surface area contributed by atoms with Crippen LogP contribution >= 0.6 is 23.4 Å². The summed E-state index contributed by atoms with van der Waals surface area (Å²) < 4.78 is 5.23. The second kappa shape index (κ2) is 10.7. The van der Waals surface area contributed by atoms with E-state index >= 15 is 0 Å². The summed E-state index contributed by atoms with van der Waals surface area (Å²) >= 11 is 7.60. The molecule has 0 unspecified atom stereocenters. The fraction of sp³-hybridized carbons (Fsp3) is 0.391. The lowest BCUT2D eigenvalue weighted by molar-refractivity contribution is -0.135. The van der Waals surface area contributed by atoms with Gasteiger partial charge in [0.05, 0.1) is 5.56 Å². The number of amides is 1. The third kappa shape index (κ3) is 6.51. The number of hydrogen-bond donors (Lipinski definition) is 0. The molecule has 1 aliphatic rings. The average molecular weight is 432 g/mol. The molecule has 0 N–H and O–H groups in total. The highest BCUT2D eigenvalue weighted by atomic mass is 35.5. The van der Waals surface area contributed by atoms with Crippen LogP contribution in [-0.4, -0.2) is 36.5 Å². The molecule has 154 valence electrons. The number of thioether (sulfide) groups is 1. The molecule has 0 aromatic heterocycles. The Morgan fingerprint density at radius 3 is 2.34 bits per heavy atom. The lowest BCUT2D eigenvalue weighted by Crippen LogP contribution is -2.40. The smallest absolute Gasteiger partial charge is 0.338 e. The fourth-order valence-corrected chi connectivity index (χ4v) is 4.40. The molecule has 1 aliphatic carbocycles. The van der Waals surface area contributed by atoms with Gasteiger partial charge in [0.1, 0.15) is 0 Å². The number of likely N-dealkylation sites (N-methyl/N-ethyl adjacent to an activating group) is 1. The number of nitrogens with zero attached hydrogens (tertiary/aromatic N) is 1. The standard InChI is InChI=1S/C23H26ClNO3S/c1-25(20-5-3-2-4-6-20)22(26)15-28-23(27)18-9-7-17(8-10-18)16-29-21-13-11-19(24)12-14-21/h7-14,20H,2-6,15-16H2,1H3. The average Bonchev–Trinajstić information content (AvgIpc) is 2.77. The monoisotopic (exact) mass is 431 g/mol. The first-order valence-corrected chi connectivity index (χ1v) is 11.3. The second-order valence-electron chi connectivity index (χ2n) is 7.31. The summed E-state index contributed by atoms with van der Waals surface area (Å²) in [6.07, 6.45) is 5.62. The molecule has 0 bridgehead atoms. The molecule has 2 aromatic rings. The number of carbonyl (C=O) groups is 2. The summed E-state index contributed by atoms with van der Waals surface area (Å²) in [6.45, 7) is -0.208. The number of ether oxygens (including phenoxy) is 1. The molecule has 3 rings (SSSR count). The van der Waals surface area contributed by atoms with Crippen LogP contribution in [-0.2, 0) is 15.3 Å². The Hall–Kier alpha value is -1.98. The number of halogens is 1. The highest BCUT2D eigenvalue weighted by Gasteiger charge is 2.23. The van der Waals surface area contributed by atoms with Gasteiger partial charge in [-0.1, -0.05) is 43.0 Å². The van der Waals surface area contributed by atoms with E-state index in [-0.39, 0.29) is 18.6 Å². The van der Waals surface area contributed by atoms with Gasteiger partial charge < -0.3 is 9.64 Å². The van der Waals surface area contributed by atoms with Crippen molar-refractivity contribution in [2.75, 3.05) is 13.7 Å². The first-order chi connectivity index (χ1) is 14.0. The van der Waals surface area contributed by atoms with Crippen molar-refractivity contribution in [2.45, 2.75) is 48.8 Å². The van der Waals surface area contributed by atoms with Gasteiger partial charge in [0.2, 0.25) is 0 Å². The zero-order chi connectivity index (χ0) is 20.6. The molecule has 1 amide bonds. The molecule has 0 atom stereocenters. The zero-order valence-electron chi connectivity index (χ0n) is 16.6. The van der Waals surface area contributed by atoms with Crippen molar-refractivity contribution in [1.82, 2.24) is 4.90 Å². The van der Waals surface area contributed by atoms with Gasteiger partial charge >= 0.3 is 5.97 Å². The zero-order valence-corrected chi connectivity index (χ0v) is 18.2. The minimum Gasteiger partial charge on any atom is -0.452 e. The third-order valence-corrected chi connectivity index (χ3v) is 6.59. The van der Waals surface area contributed by atoms with E-state index in [1.807, 2.05) is 36.4 Å². The molecule has 0 radical (unpaired) electrons. The Balaban J connectivity index is 1.45. The Morgan fingerprint density at radius 1 is 1.03 bits per heavy atom. The van der Waals surface area contributed by atoms with Crippen LogP contribution in [0.4, 0.5) is 0 Å². The summed E-state index contributed by atoms with van der Waals surface area (Å²) in [5, 5.41) is 0.723. The van der Waals surface area contributed by atoms with E-state index in [2.05, 4.69) is 0 Å². The minimum atomic E-state index is -0.465. The Kier molecular flexibility index (Phi) is 8.01. The summed E-state index contributed by atoms with van der Waals surface area (Å²) in [6, 6.07) is 15.3. The molecular weight excluding hydrogens is 406 g/mol. The molecule has 0 heterocycles. The molecule has 1 fully saturated rings. The molecule has 4 nitrogen and oxygen atoms in total. The predicted octanol–water partition coefficient (Wildman–Crippen LogP) is 5.58. The van der Waals surface area contributed by atoms with Gasteiger partial charge in [-0.15, -0.1) is 11.8 Å². The van der Waals surface area contributed by atoms with E-state index in [9.17, 15) is 9.59 Å². The quantitative estimate of drug-likeness (QED) is 0.424. The van der Waals surface area contributed by atoms with Gasteiger partial charge in [0.15, 0.2) is 6.61 Å². The van der Waals surface area contributed by atoms with E-state index in [1.54, 1.807) is 35.8 Å². The van der Waals surface area contributed by atoms with Crippen molar-refractivity contribution in [3.63, 3.8) is 0 Å². The van der Waals surface area contributed by atoms with E-state index in [0.717, 1.165) is 46.9 Å². The van der Waals surface area contributed by atoms with Gasteiger partial charge in [0, 0.05) is 28.8 Å². The van der Waals surface area contributed by atoms with Crippen LogP contribution in [0.2, 0.25) is 5.02 Å². The van der Waals surface area contributed by atoms with E-state index in [4.69, 9.17) is 16.3 Å². The third-order valence-electron chi connectivity index (χ3n) is 5.25. The maximum absolute atomic E-state index is 12.3. The highest BCUT2D eigenvalue weighted by Crippen LogP contribution is 2.24. The predicted molar refractivity (Wildman–Crippen MR) is 117 cm³/mol. The number of carbonyl (C=O) groups excluding carboxylic acids is 2. The molecule has 1 saturated carbocycles. The van der Waals surface area contributed by atoms with Crippen molar-refractivity contribution in [1.29, 1.82) is 0 Å². The van der Waals surface area contributed by atoms with Crippen LogP contribution in [0.1, 0.15) is 48.0 Å². The van der Waals surface area contributed by atoms with Gasteiger partial charge in [-0.2, -0.15) is 0 Å². The van der Waals surface area contributed by atoms with Crippen LogP contribution in [0.15, 0.2) is 53.4 Å². The second-order valence-corrected chi connectivity index (χ2v) is 8.80. The SMILES string of the molecule is CN(C(=O)COC(=O)c1ccc(CSc2ccc(Cl)cc2)cc1)C1CCCCC1. The topological polar surface area (TPSA) is 46.6 Å². The summed E-state index contributed by atoms with van der Waals surface area (Å²) in [5.41, 5.74) is 1.56. The Labute approximate surface area is 181 Å². The van der Waals surface area contributed by atoms with Crippen molar-refractivity contribution < 1.29 is 14.3 Å². The van der Waals surface area contributed by atoms with Crippen LogP contribution in [0.25, 0.3) is 0 Å². The lowest BCUT2D eigenvalue weighted by atomic mass is 9.94. The van der Waals surface area contributed by atoms with Crippen molar-refractivity contribution in [3.05, 3.63) is 64.7 Å². The normalized spacial score (nSPS) is 14.4. The number of esters is 1. The maximum atomic E-state index is 12.3. The number of benzene rings is 2. The van der Waals surface area contributed by atoms with Crippen LogP contribution in [0.5, 0.6) is 0 Å². The lowest BCUT2D eigenvalue weighted by Gasteiger charge is -2.31. The maximum Gasteiger partial charge on any atom is 0.338 e. The number of hydrogen-bond acceptors (Lipinski definition) is 4. The van der Waals surface area contributed by atoms with E-state index in [1.165, 1.54) is 6.42 Å². The van der Waals surface area contributed by atoms with Gasteiger partial charge in [-0.3, -0.25) is 4.79 Å². The van der Waals surface area contributed by atoms with Crippen molar-refractivity contribution in [2.24, 2.45) is 0 Å². The van der Waals surface area contributed by atoms with Crippen LogP contribution in [0, 0.1) is 0 Å². The first kappa shape index (κ1) is 21.7. The molecule has 2 aromatic carbocycles. The summed E-state index contributed by atoms with van der Waals surface area (Å²) in [5.74, 6) is 0.190. The first-order valence-electron chi connectivity index (χ1n) is 9.93.